The molecule has 0 saturated carbocycles. The summed E-state index contributed by atoms with van der Waals surface area (Å²) in [5.41, 5.74) is -4.80. The fourth-order valence-electron chi connectivity index (χ4n) is 4.31. The van der Waals surface area contributed by atoms with Gasteiger partial charge in [0.2, 0.25) is 0 Å². The van der Waals surface area contributed by atoms with Crippen LogP contribution in [0.25, 0.3) is 10.9 Å². The van der Waals surface area contributed by atoms with E-state index in [2.05, 4.69) is 15.3 Å². The number of nitrogens with zero attached hydrogens (tertiary/aromatic N) is 2. The van der Waals surface area contributed by atoms with Crippen LogP contribution in [-0.4, -0.2) is 32.0 Å². The Morgan fingerprint density at radius 3 is 2.48 bits per heavy atom. The number of aromatic hydroxyl groups is 1. The molecule has 1 aromatic heterocycles. The number of aliphatic hydroxyl groups is 1. The lowest BCUT2D eigenvalue weighted by Gasteiger charge is -2.45. The van der Waals surface area contributed by atoms with Crippen molar-refractivity contribution >= 4 is 28.2 Å². The summed E-state index contributed by atoms with van der Waals surface area (Å²) in [5.74, 6) is -5.93. The number of hydrogen-bond donors (Lipinski definition) is 3. The molecule has 3 atom stereocenters. The molecule has 1 heterocycles. The maximum atomic E-state index is 14.3. The van der Waals surface area contributed by atoms with Crippen LogP contribution in [0.1, 0.15) is 42.3 Å². The minimum absolute atomic E-state index is 0.0914. The van der Waals surface area contributed by atoms with Gasteiger partial charge in [0.25, 0.3) is 0 Å². The van der Waals surface area contributed by atoms with Gasteiger partial charge in [-0.2, -0.15) is 13.2 Å². The lowest BCUT2D eigenvalue weighted by Crippen LogP contribution is -2.55. The average molecular weight is 492 g/mol. The van der Waals surface area contributed by atoms with Crippen molar-refractivity contribution in [1.29, 1.82) is 0 Å². The van der Waals surface area contributed by atoms with Gasteiger partial charge in [0.15, 0.2) is 28.8 Å². The van der Waals surface area contributed by atoms with Gasteiger partial charge in [0.05, 0.1) is 11.1 Å². The second-order valence-corrected chi connectivity index (χ2v) is 8.44. The Morgan fingerprint density at radius 2 is 1.85 bits per heavy atom. The van der Waals surface area contributed by atoms with Crippen molar-refractivity contribution in [2.45, 2.75) is 44.0 Å². The summed E-state index contributed by atoms with van der Waals surface area (Å²) >= 11 is 5.78. The van der Waals surface area contributed by atoms with Crippen molar-refractivity contribution < 1.29 is 36.6 Å². The lowest BCUT2D eigenvalue weighted by molar-refractivity contribution is -0.272. The Bertz CT molecular complexity index is 1290. The third-order valence-corrected chi connectivity index (χ3v) is 6.12. The van der Waals surface area contributed by atoms with Gasteiger partial charge in [-0.25, -0.2) is 23.1 Å². The van der Waals surface area contributed by atoms with Gasteiger partial charge in [-0.3, -0.25) is 0 Å². The fraction of sp³-hybridized carbons (Fsp3) is 0.333. The molecule has 0 aliphatic heterocycles. The van der Waals surface area contributed by atoms with Gasteiger partial charge in [-0.1, -0.05) is 18.5 Å². The average Bonchev–Trinajstić information content (AvgIpc) is 2.71. The lowest BCUT2D eigenvalue weighted by atomic mass is 9.70. The molecule has 0 amide bonds. The van der Waals surface area contributed by atoms with E-state index in [0.29, 0.717) is 6.07 Å². The molecule has 12 heteroatoms. The van der Waals surface area contributed by atoms with Crippen LogP contribution in [0.5, 0.6) is 5.75 Å². The first kappa shape index (κ1) is 23.4. The van der Waals surface area contributed by atoms with Crippen molar-refractivity contribution in [2.75, 3.05) is 5.32 Å². The minimum Gasteiger partial charge on any atom is -0.505 e. The Balaban J connectivity index is 1.99. The van der Waals surface area contributed by atoms with Crippen LogP contribution < -0.4 is 5.32 Å². The van der Waals surface area contributed by atoms with Crippen LogP contribution in [0.15, 0.2) is 18.3 Å². The van der Waals surface area contributed by atoms with E-state index in [-0.39, 0.29) is 28.0 Å². The maximum absolute atomic E-state index is 14.3. The van der Waals surface area contributed by atoms with Gasteiger partial charge in [0.1, 0.15) is 11.3 Å². The van der Waals surface area contributed by atoms with E-state index in [1.807, 2.05) is 0 Å². The van der Waals surface area contributed by atoms with E-state index in [1.54, 1.807) is 0 Å². The molecule has 0 bridgehead atoms. The van der Waals surface area contributed by atoms with E-state index in [1.165, 1.54) is 13.8 Å². The van der Waals surface area contributed by atoms with Crippen LogP contribution >= 0.6 is 11.6 Å². The highest BCUT2D eigenvalue weighted by molar-refractivity contribution is 6.31. The molecule has 3 N–H and O–H groups in total. The van der Waals surface area contributed by atoms with Crippen LogP contribution in [0.3, 0.4) is 0 Å². The summed E-state index contributed by atoms with van der Waals surface area (Å²) in [6, 6.07) is -0.601. The minimum atomic E-state index is -5.20. The predicted molar refractivity (Wildman–Crippen MR) is 108 cm³/mol. The first-order chi connectivity index (χ1) is 15.3. The third-order valence-electron chi connectivity index (χ3n) is 5.84. The quantitative estimate of drug-likeness (QED) is 0.403. The first-order valence-corrected chi connectivity index (χ1v) is 10.0. The number of alkyl halides is 3. The Kier molecular flexibility index (Phi) is 5.40. The number of phenolic OH excluding ortho intramolecular Hbond substituents is 1. The van der Waals surface area contributed by atoms with Crippen molar-refractivity contribution in [2.24, 2.45) is 0 Å². The highest BCUT2D eigenvalue weighted by Gasteiger charge is 2.62. The van der Waals surface area contributed by atoms with E-state index in [4.69, 9.17) is 11.6 Å². The third kappa shape index (κ3) is 3.54. The first-order valence-electron chi connectivity index (χ1n) is 9.64. The Labute approximate surface area is 188 Å². The molecule has 0 unspecified atom stereocenters. The normalized spacial score (nSPS) is 23.0. The number of phenols is 1. The molecule has 176 valence electrons. The summed E-state index contributed by atoms with van der Waals surface area (Å²) in [4.78, 5) is 7.69. The van der Waals surface area contributed by atoms with Gasteiger partial charge in [-0.15, -0.1) is 0 Å². The molecule has 1 aliphatic rings. The Hall–Kier alpha value is -2.79. The van der Waals surface area contributed by atoms with E-state index < -0.39 is 63.9 Å². The molecular formula is C21H16ClF6N3O2. The number of rotatable bonds is 2. The number of aryl methyl sites for hydroxylation is 1. The second-order valence-electron chi connectivity index (χ2n) is 8.03. The van der Waals surface area contributed by atoms with Gasteiger partial charge in [-0.05, 0) is 30.9 Å². The zero-order chi connectivity index (χ0) is 24.5. The summed E-state index contributed by atoms with van der Waals surface area (Å²) in [6.45, 7) is 2.69. The molecular weight excluding hydrogens is 476 g/mol. The molecule has 3 aromatic rings. The van der Waals surface area contributed by atoms with E-state index in [9.17, 15) is 36.6 Å². The van der Waals surface area contributed by atoms with E-state index in [0.717, 1.165) is 12.3 Å². The summed E-state index contributed by atoms with van der Waals surface area (Å²) in [6.07, 6.45) is -5.06. The molecule has 4 rings (SSSR count). The summed E-state index contributed by atoms with van der Waals surface area (Å²) < 4.78 is 85.2. The number of anilines is 1. The van der Waals surface area contributed by atoms with Gasteiger partial charge >= 0.3 is 6.18 Å². The zero-order valence-corrected chi connectivity index (χ0v) is 17.8. The summed E-state index contributed by atoms with van der Waals surface area (Å²) in [5, 5.41) is 22.7. The van der Waals surface area contributed by atoms with Gasteiger partial charge in [0, 0.05) is 28.9 Å². The number of benzene rings is 2. The smallest absolute Gasteiger partial charge is 0.419 e. The van der Waals surface area contributed by atoms with Crippen molar-refractivity contribution in [3.8, 4) is 5.75 Å². The largest absolute Gasteiger partial charge is 0.505 e. The molecule has 0 saturated heterocycles. The van der Waals surface area contributed by atoms with E-state index >= 15 is 0 Å². The molecule has 0 fully saturated rings. The van der Waals surface area contributed by atoms with Crippen molar-refractivity contribution in [1.82, 2.24) is 9.97 Å². The molecule has 33 heavy (non-hydrogen) atoms. The number of fused-ring (bicyclic) bond motifs is 2. The number of nitrogens with one attached hydrogen (secondary N) is 1. The molecule has 2 aromatic carbocycles. The van der Waals surface area contributed by atoms with Crippen molar-refractivity contribution in [3.63, 3.8) is 0 Å². The standard InChI is InChI=1S/C21H16ClF6N3O2/c1-7-5-20(33,21(26,27)28)19(9-3-11(22)15(24)18(32)14(7)9)31-13-4-12(23)16(25)17-10(13)6-29-8(2)30-17/h3-4,6-7,19,31-33H,5H2,1-2H3/t7-,19+,20-/m1/s1. The highest BCUT2D eigenvalue weighted by Crippen LogP contribution is 2.55. The maximum Gasteiger partial charge on any atom is 0.419 e. The van der Waals surface area contributed by atoms with Crippen LogP contribution in [0.4, 0.5) is 32.0 Å². The number of aromatic nitrogens is 2. The zero-order valence-electron chi connectivity index (χ0n) is 17.0. The monoisotopic (exact) mass is 491 g/mol. The van der Waals surface area contributed by atoms with Gasteiger partial charge < -0.3 is 15.5 Å². The van der Waals surface area contributed by atoms with Crippen LogP contribution in [-0.2, 0) is 0 Å². The SMILES string of the molecule is Cc1ncc2c(N[C@H]3c4cc(Cl)c(F)c(O)c4[C@H](C)C[C@]3(O)C(F)(F)F)cc(F)c(F)c2n1. The predicted octanol–water partition coefficient (Wildman–Crippen LogP) is 5.67. The molecule has 1 aliphatic carbocycles. The molecule has 5 nitrogen and oxygen atoms in total. The highest BCUT2D eigenvalue weighted by atomic mass is 35.5. The summed E-state index contributed by atoms with van der Waals surface area (Å²) in [7, 11) is 0. The van der Waals surface area contributed by atoms with Crippen LogP contribution in [0, 0.1) is 24.4 Å². The Morgan fingerprint density at radius 1 is 1.18 bits per heavy atom. The topological polar surface area (TPSA) is 78.3 Å². The van der Waals surface area contributed by atoms with Crippen molar-refractivity contribution in [3.05, 3.63) is 57.8 Å². The number of hydrogen-bond acceptors (Lipinski definition) is 5. The number of halogens is 7. The second kappa shape index (κ2) is 7.63. The molecule has 0 radical (unpaired) electrons. The van der Waals surface area contributed by atoms with Crippen LogP contribution in [0.2, 0.25) is 5.02 Å². The molecule has 0 spiro atoms. The fourth-order valence-corrected chi connectivity index (χ4v) is 4.52.